The third kappa shape index (κ3) is 9.87. The van der Waals surface area contributed by atoms with Gasteiger partial charge in [0.05, 0.1) is 31.8 Å². The smallest absolute Gasteiger partial charge is 0.299 e. The Kier molecular flexibility index (Phi) is 13.2. The molecule has 0 saturated carbocycles. The van der Waals surface area contributed by atoms with Crippen molar-refractivity contribution in [2.24, 2.45) is 0 Å². The maximum absolute atomic E-state index is 12.9. The maximum atomic E-state index is 12.9. The zero-order valence-corrected chi connectivity index (χ0v) is 43.9. The molecule has 1 aliphatic heterocycles. The molecule has 16 bridgehead atoms. The summed E-state index contributed by atoms with van der Waals surface area (Å²) < 4.78 is 0. The molecular formula is C60H56N8O8. The van der Waals surface area contributed by atoms with Gasteiger partial charge >= 0.3 is 0 Å². The Morgan fingerprint density at radius 1 is 0.303 bits per heavy atom. The number of benzene rings is 8. The van der Waals surface area contributed by atoms with Gasteiger partial charge in [-0.2, -0.15) is 0 Å². The largest absolute Gasteiger partial charge is 0.339 e. The highest BCUT2D eigenvalue weighted by Gasteiger charge is 2.32. The summed E-state index contributed by atoms with van der Waals surface area (Å²) in [4.78, 5) is 55.7. The minimum atomic E-state index is -0.604. The quantitative estimate of drug-likeness (QED) is 0.120. The highest BCUT2D eigenvalue weighted by atomic mass is 16.6. The van der Waals surface area contributed by atoms with Gasteiger partial charge in [-0.1, -0.05) is 114 Å². The van der Waals surface area contributed by atoms with E-state index in [-0.39, 0.29) is 33.6 Å². The first-order valence-corrected chi connectivity index (χ1v) is 24.5. The molecular weight excluding hydrogens is 961 g/mol. The summed E-state index contributed by atoms with van der Waals surface area (Å²) in [7, 11) is 6.78. The number of hydrogen-bond acceptors (Lipinski definition) is 12. The molecule has 8 aromatic rings. The van der Waals surface area contributed by atoms with Crippen LogP contribution in [0.25, 0.3) is 44.5 Å². The highest BCUT2D eigenvalue weighted by Crippen LogP contribution is 2.47. The molecule has 0 saturated heterocycles. The van der Waals surface area contributed by atoms with Gasteiger partial charge in [-0.05, 0) is 139 Å². The minimum Gasteiger partial charge on any atom is -0.339 e. The molecule has 16 nitrogen and oxygen atoms in total. The fraction of sp³-hybridized carbons (Fsp3) is 0.200. The number of nitrogens with zero attached hydrogens (tertiary/aromatic N) is 8. The second kappa shape index (κ2) is 19.4. The summed E-state index contributed by atoms with van der Waals surface area (Å²) in [6, 6.07) is 47.7. The first kappa shape index (κ1) is 51.5. The van der Waals surface area contributed by atoms with Crippen molar-refractivity contribution in [1.29, 1.82) is 0 Å². The summed E-state index contributed by atoms with van der Waals surface area (Å²) in [6.45, 7) is 12.6. The number of hydrogen-bond donors (Lipinski definition) is 0. The van der Waals surface area contributed by atoms with Crippen molar-refractivity contribution in [2.45, 2.75) is 52.4 Å². The predicted octanol–water partition coefficient (Wildman–Crippen LogP) is 16.0. The van der Waals surface area contributed by atoms with Crippen molar-refractivity contribution in [1.82, 2.24) is 0 Å². The van der Waals surface area contributed by atoms with Crippen LogP contribution in [0, 0.1) is 40.5 Å². The van der Waals surface area contributed by atoms with Crippen molar-refractivity contribution < 1.29 is 19.7 Å². The number of nitro benzene ring substituents is 4. The molecule has 0 N–H and O–H groups in total. The van der Waals surface area contributed by atoms with Crippen LogP contribution in [0.5, 0.6) is 0 Å². The van der Waals surface area contributed by atoms with Crippen LogP contribution in [0.4, 0.5) is 68.2 Å². The van der Waals surface area contributed by atoms with Gasteiger partial charge in [0.2, 0.25) is 0 Å². The molecule has 76 heavy (non-hydrogen) atoms. The van der Waals surface area contributed by atoms with Crippen molar-refractivity contribution in [3.63, 3.8) is 0 Å². The molecule has 16 heteroatoms. The Labute approximate surface area is 440 Å². The van der Waals surface area contributed by atoms with Crippen molar-refractivity contribution in [2.75, 3.05) is 47.8 Å². The van der Waals surface area contributed by atoms with Crippen LogP contribution in [-0.4, -0.2) is 47.9 Å². The Morgan fingerprint density at radius 3 is 0.724 bits per heavy atom. The molecule has 0 radical (unpaired) electrons. The predicted molar refractivity (Wildman–Crippen MR) is 304 cm³/mol. The van der Waals surface area contributed by atoms with Crippen LogP contribution in [0.2, 0.25) is 0 Å². The van der Waals surface area contributed by atoms with Crippen LogP contribution in [0.3, 0.4) is 0 Å². The van der Waals surface area contributed by atoms with Gasteiger partial charge < -0.3 is 19.6 Å². The maximum Gasteiger partial charge on any atom is 0.299 e. The lowest BCUT2D eigenvalue weighted by Crippen LogP contribution is -2.16. The van der Waals surface area contributed by atoms with Crippen molar-refractivity contribution >= 4 is 68.2 Å². The number of nitro groups is 4. The molecule has 0 aliphatic carbocycles. The van der Waals surface area contributed by atoms with E-state index >= 15 is 0 Å². The van der Waals surface area contributed by atoms with Gasteiger partial charge in [0.1, 0.15) is 22.7 Å². The normalized spacial score (nSPS) is 12.7. The molecule has 0 aromatic heterocycles. The van der Waals surface area contributed by atoms with Crippen LogP contribution >= 0.6 is 0 Å². The summed E-state index contributed by atoms with van der Waals surface area (Å²) in [5.74, 6) is 0. The molecule has 0 spiro atoms. The van der Waals surface area contributed by atoms with Gasteiger partial charge in [-0.3, -0.25) is 40.5 Å². The van der Waals surface area contributed by atoms with E-state index in [1.807, 2.05) is 109 Å². The van der Waals surface area contributed by atoms with E-state index in [4.69, 9.17) is 0 Å². The summed E-state index contributed by atoms with van der Waals surface area (Å²) in [6.07, 6.45) is 0. The van der Waals surface area contributed by atoms with E-state index in [2.05, 4.69) is 65.8 Å². The first-order valence-electron chi connectivity index (χ1n) is 24.5. The molecule has 1 aliphatic rings. The molecule has 8 aromatic carbocycles. The molecule has 0 atom stereocenters. The molecule has 384 valence electrons. The second-order valence-corrected chi connectivity index (χ2v) is 21.2. The van der Waals surface area contributed by atoms with Crippen LogP contribution in [0.1, 0.15) is 52.7 Å². The topological polar surface area (TPSA) is 186 Å². The van der Waals surface area contributed by atoms with E-state index in [9.17, 15) is 40.5 Å². The lowest BCUT2D eigenvalue weighted by Gasteiger charge is -2.26. The number of fused-ring (bicyclic) bond motifs is 20. The fourth-order valence-electron chi connectivity index (χ4n) is 9.69. The SMILES string of the molecule is CN1c2cccc(c2)-c2cc(cc(C(C)(C)C)c2)-c2cccc(c2)N(C)c2cc(c([N+](=O)[O-])cc2[N+](=O)[O-])N(C)c2cccc(c2)-c2cc(cc(C(C)(C)C)c2)-c2cccc(c2)N(C)c2cc1c([N+](=O)[O-])cc2[N+](=O)[O-]. The molecule has 0 amide bonds. The zero-order valence-electron chi connectivity index (χ0n) is 43.9. The minimum absolute atomic E-state index is 0.139. The van der Waals surface area contributed by atoms with Crippen molar-refractivity contribution in [3.8, 4) is 44.5 Å². The summed E-state index contributed by atoms with van der Waals surface area (Å²) in [5.41, 5.74) is 9.00. The van der Waals surface area contributed by atoms with Gasteiger partial charge in [0.15, 0.2) is 0 Å². The third-order valence-electron chi connectivity index (χ3n) is 14.2. The summed E-state index contributed by atoms with van der Waals surface area (Å²) in [5, 5.41) is 51.4. The third-order valence-corrected chi connectivity index (χ3v) is 14.2. The van der Waals surface area contributed by atoms with Gasteiger partial charge in [0.25, 0.3) is 22.7 Å². The Hall–Kier alpha value is -9.44. The van der Waals surface area contributed by atoms with E-state index in [0.717, 1.165) is 67.8 Å². The highest BCUT2D eigenvalue weighted by molar-refractivity contribution is 5.89. The van der Waals surface area contributed by atoms with E-state index < -0.39 is 42.4 Å². The molecule has 0 fully saturated rings. The van der Waals surface area contributed by atoms with E-state index in [0.29, 0.717) is 22.7 Å². The van der Waals surface area contributed by atoms with Crippen molar-refractivity contribution in [3.05, 3.63) is 209 Å². The van der Waals surface area contributed by atoms with E-state index in [1.54, 1.807) is 47.8 Å². The molecule has 9 rings (SSSR count). The monoisotopic (exact) mass is 1020 g/mol. The van der Waals surface area contributed by atoms with Crippen LogP contribution in [-0.2, 0) is 10.8 Å². The first-order chi connectivity index (χ1) is 35.9. The summed E-state index contributed by atoms with van der Waals surface area (Å²) >= 11 is 0. The number of anilines is 8. The van der Waals surface area contributed by atoms with E-state index in [1.165, 1.54) is 12.1 Å². The molecule has 0 unspecified atom stereocenters. The van der Waals surface area contributed by atoms with Gasteiger partial charge in [-0.25, -0.2) is 0 Å². The lowest BCUT2D eigenvalue weighted by molar-refractivity contribution is -0.393. The van der Waals surface area contributed by atoms with Crippen LogP contribution in [0.15, 0.2) is 158 Å². The number of rotatable bonds is 4. The average molecular weight is 1020 g/mol. The zero-order chi connectivity index (χ0) is 54.7. The second-order valence-electron chi connectivity index (χ2n) is 21.2. The average Bonchev–Trinajstić information content (AvgIpc) is 3.40. The Morgan fingerprint density at radius 2 is 0.526 bits per heavy atom. The Balaban J connectivity index is 1.32. The lowest BCUT2D eigenvalue weighted by atomic mass is 9.83. The van der Waals surface area contributed by atoms with Gasteiger partial charge in [0, 0.05) is 50.9 Å². The van der Waals surface area contributed by atoms with Crippen LogP contribution < -0.4 is 19.6 Å². The molecule has 1 heterocycles. The Bertz CT molecular complexity index is 3240. The fourth-order valence-corrected chi connectivity index (χ4v) is 9.69. The van der Waals surface area contributed by atoms with Gasteiger partial charge in [-0.15, -0.1) is 0 Å². The standard InChI is InChI=1S/C60H56N8O8/c1-59(2,3)45-25-41-23-42(26-45)38-16-12-20-48(30-38)62(8)52-34-54(58(68(75)76)36-56(52)66(71)72)64(10)50-22-14-18-40(32-50)44-24-43(27-46(28-44)60(4,5)6)39-17-13-21-49(31-39)63(9)53-33-51(55(65(69)70)35-57(53)67(73)74)61(7)47-19-11-15-37(41)29-47/h11-36H,1-10H3.